The zero-order chi connectivity index (χ0) is 12.8. The van der Waals surface area contributed by atoms with Crippen LogP contribution >= 0.6 is 11.6 Å². The molecule has 0 amide bonds. The fraction of sp³-hybridized carbons (Fsp3) is 0.400. The number of aliphatic hydroxyl groups excluding tert-OH is 2. The van der Waals surface area contributed by atoms with E-state index in [-0.39, 0.29) is 23.7 Å². The predicted octanol–water partition coefficient (Wildman–Crippen LogP) is 2.14. The van der Waals surface area contributed by atoms with Crippen LogP contribution in [0.4, 0.5) is 0 Å². The number of phenolic OH excluding ortho intramolecular Hbond substituents is 1. The molecular weight excluding hydrogens is 246 g/mol. The Labute approximate surface area is 103 Å². The van der Waals surface area contributed by atoms with E-state index in [2.05, 4.69) is 10.0 Å². The molecule has 0 saturated carbocycles. The number of nitrogens with zero attached hydrogens (tertiary/aromatic N) is 3. The van der Waals surface area contributed by atoms with Crippen LogP contribution in [0.25, 0.3) is 10.4 Å². The minimum Gasteiger partial charge on any atom is -0.508 e. The fourth-order valence-corrected chi connectivity index (χ4v) is 1.64. The Kier molecular flexibility index (Phi) is 5.06. The number of phenols is 1. The number of aliphatic hydroxyl groups is 2. The van der Waals surface area contributed by atoms with E-state index >= 15 is 0 Å². The summed E-state index contributed by atoms with van der Waals surface area (Å²) < 4.78 is 0. The van der Waals surface area contributed by atoms with E-state index in [1.165, 1.54) is 18.2 Å². The summed E-state index contributed by atoms with van der Waals surface area (Å²) in [7, 11) is 0. The van der Waals surface area contributed by atoms with Gasteiger partial charge in [0.05, 0.1) is 11.1 Å². The summed E-state index contributed by atoms with van der Waals surface area (Å²) in [5.74, 6) is -0.0190. The molecule has 0 bridgehead atoms. The van der Waals surface area contributed by atoms with Crippen LogP contribution < -0.4 is 0 Å². The Hall–Kier alpha value is -1.46. The van der Waals surface area contributed by atoms with Gasteiger partial charge in [-0.05, 0) is 24.1 Å². The normalized spacial score (nSPS) is 13.8. The molecule has 92 valence electrons. The van der Waals surface area contributed by atoms with Crippen LogP contribution in [0.3, 0.4) is 0 Å². The first kappa shape index (κ1) is 13.6. The van der Waals surface area contributed by atoms with Gasteiger partial charge in [-0.25, -0.2) is 0 Å². The van der Waals surface area contributed by atoms with E-state index in [1.807, 2.05) is 0 Å². The quantitative estimate of drug-likeness (QED) is 0.427. The predicted molar refractivity (Wildman–Crippen MR) is 62.7 cm³/mol. The minimum absolute atomic E-state index is 0.0190. The Bertz CT molecular complexity index is 435. The van der Waals surface area contributed by atoms with Gasteiger partial charge in [0, 0.05) is 17.0 Å². The summed E-state index contributed by atoms with van der Waals surface area (Å²) >= 11 is 5.82. The van der Waals surface area contributed by atoms with Gasteiger partial charge in [0.15, 0.2) is 0 Å². The molecule has 7 heteroatoms. The van der Waals surface area contributed by atoms with Crippen molar-refractivity contribution in [3.63, 3.8) is 0 Å². The smallest absolute Gasteiger partial charge is 0.117 e. The summed E-state index contributed by atoms with van der Waals surface area (Å²) in [5, 5.41) is 32.0. The third kappa shape index (κ3) is 3.80. The van der Waals surface area contributed by atoms with E-state index in [0.29, 0.717) is 5.56 Å². The third-order valence-electron chi connectivity index (χ3n) is 2.26. The highest BCUT2D eigenvalue weighted by Gasteiger charge is 2.20. The SMILES string of the molecule is [N-]=[N+]=NCCC(O)C(O)c1ccc(O)cc1Cl. The van der Waals surface area contributed by atoms with Crippen LogP contribution in [0.2, 0.25) is 5.02 Å². The molecule has 0 aromatic heterocycles. The first-order chi connectivity index (χ1) is 8.06. The molecule has 0 aliphatic carbocycles. The maximum Gasteiger partial charge on any atom is 0.117 e. The average molecular weight is 258 g/mol. The number of azide groups is 1. The lowest BCUT2D eigenvalue weighted by Crippen LogP contribution is -2.19. The van der Waals surface area contributed by atoms with Gasteiger partial charge < -0.3 is 15.3 Å². The molecule has 3 N–H and O–H groups in total. The second-order valence-corrected chi connectivity index (χ2v) is 3.87. The van der Waals surface area contributed by atoms with Gasteiger partial charge in [0.25, 0.3) is 0 Å². The van der Waals surface area contributed by atoms with E-state index in [1.54, 1.807) is 0 Å². The van der Waals surface area contributed by atoms with Gasteiger partial charge in [0.1, 0.15) is 11.9 Å². The van der Waals surface area contributed by atoms with Crippen LogP contribution in [0.15, 0.2) is 23.3 Å². The molecule has 0 spiro atoms. The molecule has 0 aliphatic heterocycles. The Morgan fingerprint density at radius 1 is 1.41 bits per heavy atom. The highest BCUT2D eigenvalue weighted by Crippen LogP contribution is 2.29. The molecule has 2 atom stereocenters. The van der Waals surface area contributed by atoms with Gasteiger partial charge in [-0.1, -0.05) is 22.8 Å². The number of benzene rings is 1. The standard InChI is InChI=1S/C10H12ClN3O3/c11-8-5-6(15)1-2-7(8)10(17)9(16)3-4-13-14-12/h1-2,5,9-10,15-17H,3-4H2. The zero-order valence-corrected chi connectivity index (χ0v) is 9.62. The van der Waals surface area contributed by atoms with Crippen molar-refractivity contribution in [1.29, 1.82) is 0 Å². The number of halogens is 1. The summed E-state index contributed by atoms with van der Waals surface area (Å²) in [6, 6.07) is 4.07. The maximum atomic E-state index is 9.81. The van der Waals surface area contributed by atoms with Crippen LogP contribution in [-0.4, -0.2) is 28.0 Å². The highest BCUT2D eigenvalue weighted by molar-refractivity contribution is 6.31. The monoisotopic (exact) mass is 257 g/mol. The second kappa shape index (κ2) is 6.32. The number of aromatic hydroxyl groups is 1. The van der Waals surface area contributed by atoms with Crippen molar-refractivity contribution >= 4 is 11.6 Å². The summed E-state index contributed by atoms with van der Waals surface area (Å²) in [4.78, 5) is 2.54. The fourth-order valence-electron chi connectivity index (χ4n) is 1.36. The van der Waals surface area contributed by atoms with Crippen LogP contribution in [0, 0.1) is 0 Å². The number of rotatable bonds is 5. The molecule has 6 nitrogen and oxygen atoms in total. The van der Waals surface area contributed by atoms with Crippen molar-refractivity contribution in [2.45, 2.75) is 18.6 Å². The average Bonchev–Trinajstić information content (AvgIpc) is 2.28. The molecule has 0 saturated heterocycles. The summed E-state index contributed by atoms with van der Waals surface area (Å²) in [6.07, 6.45) is -2.14. The summed E-state index contributed by atoms with van der Waals surface area (Å²) in [6.45, 7) is 0.0877. The van der Waals surface area contributed by atoms with E-state index < -0.39 is 12.2 Å². The Morgan fingerprint density at radius 3 is 2.71 bits per heavy atom. The van der Waals surface area contributed by atoms with Crippen molar-refractivity contribution in [2.24, 2.45) is 5.11 Å². The highest BCUT2D eigenvalue weighted by atomic mass is 35.5. The van der Waals surface area contributed by atoms with Gasteiger partial charge in [-0.15, -0.1) is 0 Å². The second-order valence-electron chi connectivity index (χ2n) is 3.46. The molecule has 2 unspecified atom stereocenters. The van der Waals surface area contributed by atoms with Gasteiger partial charge in [-0.2, -0.15) is 0 Å². The van der Waals surface area contributed by atoms with Crippen molar-refractivity contribution < 1.29 is 15.3 Å². The largest absolute Gasteiger partial charge is 0.508 e. The molecule has 0 radical (unpaired) electrons. The molecule has 1 aromatic rings. The Balaban J connectivity index is 2.73. The molecule has 17 heavy (non-hydrogen) atoms. The molecule has 1 rings (SSSR count). The van der Waals surface area contributed by atoms with Gasteiger partial charge in [0.2, 0.25) is 0 Å². The van der Waals surface area contributed by atoms with Crippen LogP contribution in [0.1, 0.15) is 18.1 Å². The van der Waals surface area contributed by atoms with Crippen molar-refractivity contribution in [1.82, 2.24) is 0 Å². The van der Waals surface area contributed by atoms with Crippen molar-refractivity contribution in [2.75, 3.05) is 6.54 Å². The lowest BCUT2D eigenvalue weighted by Gasteiger charge is -2.18. The Morgan fingerprint density at radius 2 is 2.12 bits per heavy atom. The molecule has 1 aromatic carbocycles. The maximum absolute atomic E-state index is 9.81. The molecular formula is C10H12ClN3O3. The number of hydrogen-bond donors (Lipinski definition) is 3. The first-order valence-electron chi connectivity index (χ1n) is 4.91. The molecule has 0 aliphatic rings. The van der Waals surface area contributed by atoms with E-state index in [9.17, 15) is 10.2 Å². The van der Waals surface area contributed by atoms with Crippen LogP contribution in [-0.2, 0) is 0 Å². The van der Waals surface area contributed by atoms with Crippen molar-refractivity contribution in [3.8, 4) is 5.75 Å². The van der Waals surface area contributed by atoms with Crippen LogP contribution in [0.5, 0.6) is 5.75 Å². The zero-order valence-electron chi connectivity index (χ0n) is 8.86. The van der Waals surface area contributed by atoms with Gasteiger partial charge in [-0.3, -0.25) is 0 Å². The third-order valence-corrected chi connectivity index (χ3v) is 2.58. The lowest BCUT2D eigenvalue weighted by atomic mass is 10.0. The van der Waals surface area contributed by atoms with Crippen molar-refractivity contribution in [3.05, 3.63) is 39.2 Å². The molecule has 0 fully saturated rings. The first-order valence-corrected chi connectivity index (χ1v) is 5.29. The van der Waals surface area contributed by atoms with E-state index in [4.69, 9.17) is 22.2 Å². The molecule has 0 heterocycles. The summed E-state index contributed by atoms with van der Waals surface area (Å²) in [5.41, 5.74) is 8.39. The van der Waals surface area contributed by atoms with Gasteiger partial charge >= 0.3 is 0 Å². The number of hydrogen-bond acceptors (Lipinski definition) is 4. The minimum atomic E-state index is -1.18. The lowest BCUT2D eigenvalue weighted by molar-refractivity contribution is 0.0151. The van der Waals surface area contributed by atoms with E-state index in [0.717, 1.165) is 0 Å². The topological polar surface area (TPSA) is 109 Å².